The number of carbonyl (C=O) groups is 2. The number of Topliss-reactive ketones (excluding diaryl/α,β-unsaturated/α-hetero) is 1. The summed E-state index contributed by atoms with van der Waals surface area (Å²) in [4.78, 5) is 28.0. The van der Waals surface area contributed by atoms with Crippen LogP contribution in [-0.2, 0) is 13.0 Å². The Morgan fingerprint density at radius 2 is 2.00 bits per heavy atom. The number of hydrogen-bond donors (Lipinski definition) is 2. The molecule has 0 radical (unpaired) electrons. The fraction of sp³-hybridized carbons (Fsp3) is 0.526. The molecule has 0 fully saturated rings. The van der Waals surface area contributed by atoms with Crippen LogP contribution in [-0.4, -0.2) is 33.0 Å². The van der Waals surface area contributed by atoms with E-state index < -0.39 is 0 Å². The Labute approximate surface area is 148 Å². The van der Waals surface area contributed by atoms with Crippen molar-refractivity contribution in [3.8, 4) is 0 Å². The topological polar surface area (TPSA) is 79.8 Å². The van der Waals surface area contributed by atoms with Gasteiger partial charge in [-0.05, 0) is 52.5 Å². The largest absolute Gasteiger partial charge is 0.361 e. The number of aryl methyl sites for hydroxylation is 4. The zero-order valence-corrected chi connectivity index (χ0v) is 15.5. The van der Waals surface area contributed by atoms with Gasteiger partial charge in [0, 0.05) is 36.6 Å². The minimum Gasteiger partial charge on any atom is -0.361 e. The molecule has 2 aromatic rings. The van der Waals surface area contributed by atoms with E-state index in [1.54, 1.807) is 0 Å². The van der Waals surface area contributed by atoms with E-state index in [0.717, 1.165) is 42.9 Å². The maximum Gasteiger partial charge on any atom is 0.253 e. The zero-order valence-electron chi connectivity index (χ0n) is 15.5. The van der Waals surface area contributed by atoms with Gasteiger partial charge in [0.1, 0.15) is 0 Å². The number of hydrogen-bond acceptors (Lipinski definition) is 3. The molecule has 25 heavy (non-hydrogen) atoms. The number of ketones is 1. The second kappa shape index (κ2) is 6.86. The number of H-pyrrole nitrogens is 1. The van der Waals surface area contributed by atoms with Crippen LogP contribution in [0, 0.1) is 27.7 Å². The van der Waals surface area contributed by atoms with Gasteiger partial charge in [-0.3, -0.25) is 14.3 Å². The molecule has 0 aliphatic heterocycles. The molecule has 2 aromatic heterocycles. The highest BCUT2D eigenvalue weighted by Crippen LogP contribution is 2.26. The average Bonchev–Trinajstić information content (AvgIpc) is 3.04. The number of aromatic nitrogens is 3. The molecule has 0 saturated heterocycles. The van der Waals surface area contributed by atoms with E-state index >= 15 is 0 Å². The van der Waals surface area contributed by atoms with Crippen molar-refractivity contribution in [1.29, 1.82) is 0 Å². The number of fused-ring (bicyclic) bond motifs is 1. The smallest absolute Gasteiger partial charge is 0.253 e. The standard InChI is InChI=1S/C19H26N4O2/c1-11-12(2)22-23(14(11)4)10-6-9-20-19(25)17-13(3)21-15-7-5-8-16(24)18(15)17/h21H,5-10H2,1-4H3,(H,20,25). The molecule has 2 N–H and O–H groups in total. The van der Waals surface area contributed by atoms with Crippen LogP contribution in [0.2, 0.25) is 0 Å². The average molecular weight is 342 g/mol. The summed E-state index contributed by atoms with van der Waals surface area (Å²) in [6.45, 7) is 9.34. The van der Waals surface area contributed by atoms with Crippen molar-refractivity contribution in [2.45, 2.75) is 59.9 Å². The second-order valence-electron chi connectivity index (χ2n) is 6.88. The molecule has 6 nitrogen and oxygen atoms in total. The summed E-state index contributed by atoms with van der Waals surface area (Å²) >= 11 is 0. The molecule has 0 unspecified atom stereocenters. The molecule has 0 saturated carbocycles. The molecule has 0 bridgehead atoms. The Balaban J connectivity index is 1.61. The number of aromatic amines is 1. The van der Waals surface area contributed by atoms with Crippen LogP contribution in [0.25, 0.3) is 0 Å². The SMILES string of the molecule is Cc1nn(CCCNC(=O)c2c(C)[nH]c3c2C(=O)CCC3)c(C)c1C. The van der Waals surface area contributed by atoms with Crippen molar-refractivity contribution in [1.82, 2.24) is 20.1 Å². The molecule has 1 aliphatic carbocycles. The molecule has 1 amide bonds. The number of nitrogens with zero attached hydrogens (tertiary/aromatic N) is 2. The summed E-state index contributed by atoms with van der Waals surface area (Å²) in [5, 5.41) is 7.47. The highest BCUT2D eigenvalue weighted by molar-refractivity contribution is 6.10. The van der Waals surface area contributed by atoms with Crippen LogP contribution in [0.15, 0.2) is 0 Å². The van der Waals surface area contributed by atoms with E-state index in [0.29, 0.717) is 24.1 Å². The minimum absolute atomic E-state index is 0.0777. The molecule has 1 aliphatic rings. The third kappa shape index (κ3) is 3.25. The summed E-state index contributed by atoms with van der Waals surface area (Å²) in [6.07, 6.45) is 3.02. The Kier molecular flexibility index (Phi) is 4.79. The molecule has 134 valence electrons. The quantitative estimate of drug-likeness (QED) is 0.820. The Bertz CT molecular complexity index is 829. The number of rotatable bonds is 5. The van der Waals surface area contributed by atoms with Gasteiger partial charge in [0.15, 0.2) is 5.78 Å². The van der Waals surface area contributed by atoms with Gasteiger partial charge in [0.2, 0.25) is 0 Å². The lowest BCUT2D eigenvalue weighted by Gasteiger charge is -2.12. The van der Waals surface area contributed by atoms with E-state index in [-0.39, 0.29) is 11.7 Å². The summed E-state index contributed by atoms with van der Waals surface area (Å²) in [7, 11) is 0. The molecule has 6 heteroatoms. The Morgan fingerprint density at radius 1 is 1.24 bits per heavy atom. The van der Waals surface area contributed by atoms with Gasteiger partial charge in [-0.15, -0.1) is 0 Å². The van der Waals surface area contributed by atoms with Crippen LogP contribution >= 0.6 is 0 Å². The van der Waals surface area contributed by atoms with Gasteiger partial charge in [0.25, 0.3) is 5.91 Å². The van der Waals surface area contributed by atoms with Crippen LogP contribution in [0.3, 0.4) is 0 Å². The third-order valence-corrected chi connectivity index (χ3v) is 5.18. The number of amides is 1. The lowest BCUT2D eigenvalue weighted by Crippen LogP contribution is -2.27. The third-order valence-electron chi connectivity index (χ3n) is 5.18. The van der Waals surface area contributed by atoms with Crippen LogP contribution < -0.4 is 5.32 Å². The first-order valence-electron chi connectivity index (χ1n) is 8.93. The van der Waals surface area contributed by atoms with Gasteiger partial charge in [-0.2, -0.15) is 5.10 Å². The van der Waals surface area contributed by atoms with Crippen molar-refractivity contribution in [2.75, 3.05) is 6.54 Å². The lowest BCUT2D eigenvalue weighted by molar-refractivity contribution is 0.0927. The maximum atomic E-state index is 12.6. The number of nitrogens with one attached hydrogen (secondary N) is 2. The van der Waals surface area contributed by atoms with Crippen LogP contribution in [0.5, 0.6) is 0 Å². The van der Waals surface area contributed by atoms with Gasteiger partial charge >= 0.3 is 0 Å². The van der Waals surface area contributed by atoms with E-state index in [9.17, 15) is 9.59 Å². The van der Waals surface area contributed by atoms with Crippen molar-refractivity contribution in [2.24, 2.45) is 0 Å². The monoisotopic (exact) mass is 342 g/mol. The first kappa shape index (κ1) is 17.5. The molecular weight excluding hydrogens is 316 g/mol. The molecule has 0 aromatic carbocycles. The number of carbonyl (C=O) groups excluding carboxylic acids is 2. The molecule has 2 heterocycles. The summed E-state index contributed by atoms with van der Waals surface area (Å²) in [5.74, 6) is -0.0799. The lowest BCUT2D eigenvalue weighted by atomic mass is 9.93. The first-order valence-corrected chi connectivity index (χ1v) is 8.93. The van der Waals surface area contributed by atoms with Crippen molar-refractivity contribution in [3.63, 3.8) is 0 Å². The molecule has 0 atom stereocenters. The summed E-state index contributed by atoms with van der Waals surface area (Å²) < 4.78 is 1.99. The Morgan fingerprint density at radius 3 is 2.68 bits per heavy atom. The summed E-state index contributed by atoms with van der Waals surface area (Å²) in [6, 6.07) is 0. The predicted octanol–water partition coefficient (Wildman–Crippen LogP) is 2.78. The van der Waals surface area contributed by atoms with Gasteiger partial charge in [0.05, 0.1) is 16.8 Å². The highest BCUT2D eigenvalue weighted by atomic mass is 16.2. The Hall–Kier alpha value is -2.37. The molecular formula is C19H26N4O2. The van der Waals surface area contributed by atoms with Crippen LogP contribution in [0.1, 0.15) is 68.3 Å². The van der Waals surface area contributed by atoms with E-state index in [4.69, 9.17) is 0 Å². The van der Waals surface area contributed by atoms with Crippen LogP contribution in [0.4, 0.5) is 0 Å². The zero-order chi connectivity index (χ0) is 18.1. The highest BCUT2D eigenvalue weighted by Gasteiger charge is 2.28. The fourth-order valence-electron chi connectivity index (χ4n) is 3.54. The van der Waals surface area contributed by atoms with Gasteiger partial charge in [-0.1, -0.05) is 0 Å². The van der Waals surface area contributed by atoms with Gasteiger partial charge < -0.3 is 10.3 Å². The maximum absolute atomic E-state index is 12.6. The second-order valence-corrected chi connectivity index (χ2v) is 6.88. The normalized spacial score (nSPS) is 13.8. The first-order chi connectivity index (χ1) is 11.9. The van der Waals surface area contributed by atoms with Crippen molar-refractivity contribution >= 4 is 11.7 Å². The van der Waals surface area contributed by atoms with E-state index in [2.05, 4.69) is 29.2 Å². The van der Waals surface area contributed by atoms with E-state index in [1.807, 2.05) is 18.5 Å². The molecule has 0 spiro atoms. The summed E-state index contributed by atoms with van der Waals surface area (Å²) in [5.41, 5.74) is 6.28. The van der Waals surface area contributed by atoms with Crippen molar-refractivity contribution < 1.29 is 9.59 Å². The van der Waals surface area contributed by atoms with E-state index in [1.165, 1.54) is 11.3 Å². The molecule has 3 rings (SSSR count). The predicted molar refractivity (Wildman–Crippen MR) is 96.2 cm³/mol. The van der Waals surface area contributed by atoms with Gasteiger partial charge in [-0.25, -0.2) is 0 Å². The fourth-order valence-corrected chi connectivity index (χ4v) is 3.54. The minimum atomic E-state index is -0.158. The van der Waals surface area contributed by atoms with Crippen molar-refractivity contribution in [3.05, 3.63) is 39.5 Å².